The molecule has 0 radical (unpaired) electrons. The Bertz CT molecular complexity index is 1220. The summed E-state index contributed by atoms with van der Waals surface area (Å²) < 4.78 is -0.329. The van der Waals surface area contributed by atoms with Gasteiger partial charge >= 0.3 is 283 Å². The number of allylic oxidation sites excluding steroid dienone is 4. The van der Waals surface area contributed by atoms with Crippen LogP contribution in [-0.2, 0) is 14.4 Å². The van der Waals surface area contributed by atoms with Crippen molar-refractivity contribution >= 4 is 83.1 Å². The van der Waals surface area contributed by atoms with Crippen molar-refractivity contribution in [1.29, 1.82) is 0 Å². The number of fused-ring (bicyclic) bond motifs is 7. The molecule has 4 saturated carbocycles. The van der Waals surface area contributed by atoms with E-state index in [1.807, 2.05) is 13.0 Å². The van der Waals surface area contributed by atoms with E-state index in [-0.39, 0.29) is 43.4 Å². The number of carbonyl (C=O) groups excluding carboxylic acids is 3. The van der Waals surface area contributed by atoms with Crippen molar-refractivity contribution in [2.75, 3.05) is 0 Å². The number of ketones is 2. The summed E-state index contributed by atoms with van der Waals surface area (Å²) in [6, 6.07) is 0. The predicted octanol–water partition coefficient (Wildman–Crippen LogP) is 4.87. The molecule has 6 aliphatic rings. The van der Waals surface area contributed by atoms with Gasteiger partial charge in [-0.25, -0.2) is 0 Å². The SMILES string of the molecule is CC1CCCC2(CC(=O)[I-]C3CC3)CCC3C4(C)CCC5C(C)(I)C(=O)C(O)=CC5(C)C4=CC(=O)C3(I)C12I. The first-order valence-corrected chi connectivity index (χ1v) is 20.1. The van der Waals surface area contributed by atoms with Crippen LogP contribution in [0.4, 0.5) is 0 Å². The zero-order valence-corrected chi connectivity index (χ0v) is 31.8. The second-order valence-electron chi connectivity index (χ2n) is 14.1. The molecule has 0 bridgehead atoms. The molecule has 9 atom stereocenters. The van der Waals surface area contributed by atoms with Gasteiger partial charge in [0.15, 0.2) is 0 Å². The van der Waals surface area contributed by atoms with Gasteiger partial charge in [-0.05, 0) is 0 Å². The van der Waals surface area contributed by atoms with Crippen molar-refractivity contribution in [1.82, 2.24) is 0 Å². The fourth-order valence-electron chi connectivity index (χ4n) is 10.0. The Morgan fingerprint density at radius 3 is 2.33 bits per heavy atom. The Kier molecular flexibility index (Phi) is 7.45. The van der Waals surface area contributed by atoms with E-state index in [1.54, 1.807) is 6.08 Å². The van der Waals surface area contributed by atoms with Crippen molar-refractivity contribution in [2.45, 2.75) is 106 Å². The molecule has 0 saturated heterocycles. The van der Waals surface area contributed by atoms with Crippen LogP contribution in [0.2, 0.25) is 0 Å². The first-order chi connectivity index (χ1) is 18.1. The molecule has 4 nitrogen and oxygen atoms in total. The normalized spacial score (nSPS) is 51.2. The molecule has 1 N–H and O–H groups in total. The molecule has 0 aromatic carbocycles. The van der Waals surface area contributed by atoms with Gasteiger partial charge in [-0.3, -0.25) is 4.79 Å². The number of hydrogen-bond donors (Lipinski definition) is 1. The van der Waals surface area contributed by atoms with Crippen LogP contribution in [0.5, 0.6) is 0 Å². The van der Waals surface area contributed by atoms with Gasteiger partial charge in [-0.2, -0.15) is 0 Å². The molecule has 6 rings (SSSR count). The molecule has 4 fully saturated rings. The van der Waals surface area contributed by atoms with E-state index < -0.39 is 33.5 Å². The molecule has 0 aromatic heterocycles. The number of carbonyl (C=O) groups is 3. The van der Waals surface area contributed by atoms with E-state index in [4.69, 9.17) is 0 Å². The third-order valence-corrected chi connectivity index (χ3v) is 22.6. The number of alkyl halides is 4. The zero-order chi connectivity index (χ0) is 28.4. The summed E-state index contributed by atoms with van der Waals surface area (Å²) >= 11 is 7.17. The fraction of sp³-hybridized carbons (Fsp3) is 0.774. The number of aliphatic hydroxyl groups excluding tert-OH is 1. The first-order valence-electron chi connectivity index (χ1n) is 14.5. The summed E-state index contributed by atoms with van der Waals surface area (Å²) in [4.78, 5) is 41.3. The summed E-state index contributed by atoms with van der Waals surface area (Å²) in [6.45, 7) is 8.84. The van der Waals surface area contributed by atoms with Crippen LogP contribution >= 0.6 is 67.8 Å². The van der Waals surface area contributed by atoms with Crippen LogP contribution in [0.3, 0.4) is 0 Å². The Labute approximate surface area is 284 Å². The average Bonchev–Trinajstić information content (AvgIpc) is 3.65. The minimum atomic E-state index is -0.704. The van der Waals surface area contributed by atoms with Crippen LogP contribution < -0.4 is 21.2 Å². The molecule has 6 aliphatic carbocycles. The Balaban J connectivity index is 1.49. The number of rotatable bonds is 4. The molecule has 0 aliphatic heterocycles. The van der Waals surface area contributed by atoms with Gasteiger partial charge in [-0.1, -0.05) is 0 Å². The van der Waals surface area contributed by atoms with Gasteiger partial charge in [0.2, 0.25) is 0 Å². The predicted molar refractivity (Wildman–Crippen MR) is 174 cm³/mol. The summed E-state index contributed by atoms with van der Waals surface area (Å²) in [5.41, 5.74) is 0.284. The minimum absolute atomic E-state index is 0.0386. The van der Waals surface area contributed by atoms with Gasteiger partial charge in [0.25, 0.3) is 0 Å². The number of aliphatic hydroxyl groups is 1. The van der Waals surface area contributed by atoms with Gasteiger partial charge in [0.1, 0.15) is 0 Å². The van der Waals surface area contributed by atoms with E-state index in [0.29, 0.717) is 20.1 Å². The first kappa shape index (κ1) is 30.2. The van der Waals surface area contributed by atoms with Gasteiger partial charge in [0, 0.05) is 0 Å². The number of halogens is 4. The van der Waals surface area contributed by atoms with Crippen molar-refractivity contribution in [3.63, 3.8) is 0 Å². The van der Waals surface area contributed by atoms with Crippen molar-refractivity contribution in [3.05, 3.63) is 23.5 Å². The van der Waals surface area contributed by atoms with E-state index in [9.17, 15) is 19.5 Å². The van der Waals surface area contributed by atoms with Crippen LogP contribution in [0, 0.1) is 34.0 Å². The van der Waals surface area contributed by atoms with Crippen LogP contribution in [0.25, 0.3) is 0 Å². The van der Waals surface area contributed by atoms with Gasteiger partial charge < -0.3 is 0 Å². The van der Waals surface area contributed by atoms with Crippen LogP contribution in [0.1, 0.15) is 91.9 Å². The Morgan fingerprint density at radius 2 is 1.67 bits per heavy atom. The van der Waals surface area contributed by atoms with Crippen molar-refractivity contribution in [3.8, 4) is 0 Å². The van der Waals surface area contributed by atoms with Crippen LogP contribution in [-0.4, -0.2) is 34.7 Å². The fourth-order valence-corrected chi connectivity index (χ4v) is 18.1. The summed E-state index contributed by atoms with van der Waals surface area (Å²) in [5.74, 6) is 0.435. The second-order valence-corrected chi connectivity index (χ2v) is 23.3. The summed E-state index contributed by atoms with van der Waals surface area (Å²) in [5, 5.41) is 10.8. The van der Waals surface area contributed by atoms with E-state index in [0.717, 1.165) is 50.5 Å². The molecule has 8 heteroatoms. The standard InChI is InChI=1S/C31H39I4O4/c1-17-6-5-11-29(16-24(38)35-18-7-8-18)13-10-21-26(2)12-9-20-27(3,15-19(36)25(39)28(20,4)32)22(26)14-23(37)30(21,33)31(17,29)34/h14-15,17-18,20-21,36H,5-13,16H2,1-4H3/q-1. The van der Waals surface area contributed by atoms with E-state index in [2.05, 4.69) is 88.5 Å². The zero-order valence-electron chi connectivity index (χ0n) is 23.2. The topological polar surface area (TPSA) is 71.4 Å². The number of hydrogen-bond acceptors (Lipinski definition) is 4. The maximum atomic E-state index is 14.8. The molecular weight excluding hydrogens is 944 g/mol. The van der Waals surface area contributed by atoms with E-state index >= 15 is 0 Å². The molecule has 0 heterocycles. The number of Topliss-reactive ketones (excluding diaryl/α,β-unsaturated/α-hetero) is 1. The third kappa shape index (κ3) is 3.95. The monoisotopic (exact) mass is 983 g/mol. The second kappa shape index (κ2) is 9.60. The molecule has 0 amide bonds. The molecule has 216 valence electrons. The quantitative estimate of drug-likeness (QED) is 0.249. The van der Waals surface area contributed by atoms with E-state index in [1.165, 1.54) is 12.8 Å². The van der Waals surface area contributed by atoms with Gasteiger partial charge in [0.05, 0.1) is 0 Å². The molecule has 39 heavy (non-hydrogen) atoms. The van der Waals surface area contributed by atoms with Crippen molar-refractivity contribution < 1.29 is 40.7 Å². The Hall–Kier alpha value is 1.21. The molecular formula is C31H39I4O4-. The molecule has 9 unspecified atom stereocenters. The van der Waals surface area contributed by atoms with Crippen molar-refractivity contribution in [2.24, 2.45) is 34.0 Å². The summed E-state index contributed by atoms with van der Waals surface area (Å²) in [7, 11) is 0. The summed E-state index contributed by atoms with van der Waals surface area (Å²) in [6.07, 6.45) is 14.1. The molecule has 0 spiro atoms. The maximum absolute atomic E-state index is 14.8. The average molecular weight is 983 g/mol. The third-order valence-electron chi connectivity index (χ3n) is 12.0. The van der Waals surface area contributed by atoms with Gasteiger partial charge in [-0.15, -0.1) is 0 Å². The Morgan fingerprint density at radius 1 is 1.00 bits per heavy atom. The molecule has 0 aromatic rings. The van der Waals surface area contributed by atoms with Crippen LogP contribution in [0.15, 0.2) is 23.5 Å².